The van der Waals surface area contributed by atoms with Crippen LogP contribution in [0, 0.1) is 17.0 Å². The predicted octanol–water partition coefficient (Wildman–Crippen LogP) is 5.05. The molecule has 1 aromatic carbocycles. The number of rotatable bonds is 2. The summed E-state index contributed by atoms with van der Waals surface area (Å²) in [6.07, 6.45) is 1.04. The van der Waals surface area contributed by atoms with Crippen molar-refractivity contribution >= 4 is 38.5 Å². The van der Waals surface area contributed by atoms with Crippen LogP contribution in [0.25, 0.3) is 0 Å². The fraction of sp³-hybridized carbons (Fsp3) is 0.500. The van der Waals surface area contributed by atoms with Crippen molar-refractivity contribution in [2.24, 2.45) is 10.4 Å². The Kier molecular flexibility index (Phi) is 4.74. The van der Waals surface area contributed by atoms with Crippen LogP contribution in [0.3, 0.4) is 0 Å². The van der Waals surface area contributed by atoms with Gasteiger partial charge in [0.15, 0.2) is 5.17 Å². The zero-order chi connectivity index (χ0) is 14.9. The minimum absolute atomic E-state index is 0.233. The van der Waals surface area contributed by atoms with E-state index < -0.39 is 11.6 Å². The molecule has 0 amide bonds. The number of benzene rings is 1. The van der Waals surface area contributed by atoms with Gasteiger partial charge in [-0.2, -0.15) is 0 Å². The monoisotopic (exact) mass is 362 g/mol. The topological polar surface area (TPSA) is 24.4 Å². The number of thioether (sulfide) groups is 1. The Labute approximate surface area is 130 Å². The summed E-state index contributed by atoms with van der Waals surface area (Å²) in [6.45, 7) is 7.30. The van der Waals surface area contributed by atoms with Crippen molar-refractivity contribution < 1.29 is 8.78 Å². The highest BCUT2D eigenvalue weighted by molar-refractivity contribution is 9.10. The lowest BCUT2D eigenvalue weighted by Gasteiger charge is -2.21. The van der Waals surface area contributed by atoms with E-state index in [0.717, 1.165) is 19.0 Å². The van der Waals surface area contributed by atoms with Crippen molar-refractivity contribution in [2.75, 3.05) is 11.9 Å². The third-order valence-electron chi connectivity index (χ3n) is 2.81. The number of nitrogens with one attached hydrogen (secondary N) is 1. The molecule has 1 unspecified atom stereocenters. The van der Waals surface area contributed by atoms with E-state index in [-0.39, 0.29) is 15.6 Å². The van der Waals surface area contributed by atoms with Crippen LogP contribution in [0.1, 0.15) is 27.2 Å². The van der Waals surface area contributed by atoms with Crippen molar-refractivity contribution in [2.45, 2.75) is 32.4 Å². The Balaban J connectivity index is 2.01. The van der Waals surface area contributed by atoms with Crippen LogP contribution in [-0.4, -0.2) is 17.0 Å². The molecule has 1 aliphatic rings. The summed E-state index contributed by atoms with van der Waals surface area (Å²) >= 11 is 4.67. The lowest BCUT2D eigenvalue weighted by Crippen LogP contribution is -2.16. The molecule has 0 spiro atoms. The molecule has 20 heavy (non-hydrogen) atoms. The Morgan fingerprint density at radius 3 is 2.70 bits per heavy atom. The van der Waals surface area contributed by atoms with Gasteiger partial charge >= 0.3 is 0 Å². The van der Waals surface area contributed by atoms with Crippen LogP contribution in [0.4, 0.5) is 14.5 Å². The second-order valence-electron chi connectivity index (χ2n) is 6.02. The molecule has 1 heterocycles. The highest BCUT2D eigenvalue weighted by Gasteiger charge is 2.25. The third kappa shape index (κ3) is 4.19. The van der Waals surface area contributed by atoms with Gasteiger partial charge in [-0.3, -0.25) is 4.99 Å². The van der Waals surface area contributed by atoms with Crippen LogP contribution in [-0.2, 0) is 0 Å². The van der Waals surface area contributed by atoms with Crippen LogP contribution >= 0.6 is 27.7 Å². The Hall–Kier alpha value is -0.620. The molecule has 0 fully saturated rings. The predicted molar refractivity (Wildman–Crippen MR) is 85.4 cm³/mol. The van der Waals surface area contributed by atoms with E-state index in [9.17, 15) is 8.78 Å². The average Bonchev–Trinajstić information content (AvgIpc) is 2.71. The molecule has 1 atom stereocenters. The number of hydrogen-bond donors (Lipinski definition) is 1. The van der Waals surface area contributed by atoms with E-state index in [1.165, 1.54) is 6.07 Å². The summed E-state index contributed by atoms with van der Waals surface area (Å²) in [5, 5.41) is 4.03. The standard InChI is InChI=1S/C14H17BrF2N2S/c1-14(2,3)6-8-7-18-13(20-8)19-12-4-9(15)10(16)5-11(12)17/h4-5,8H,6-7H2,1-3H3,(H,18,19). The highest BCUT2D eigenvalue weighted by Crippen LogP contribution is 2.33. The van der Waals surface area contributed by atoms with Gasteiger partial charge in [0.25, 0.3) is 0 Å². The van der Waals surface area contributed by atoms with Gasteiger partial charge in [-0.1, -0.05) is 32.5 Å². The van der Waals surface area contributed by atoms with Gasteiger partial charge in [-0.05, 0) is 33.8 Å². The van der Waals surface area contributed by atoms with Crippen molar-refractivity contribution in [1.29, 1.82) is 0 Å². The normalized spacial score (nSPS) is 19.1. The maximum absolute atomic E-state index is 13.7. The van der Waals surface area contributed by atoms with Crippen molar-refractivity contribution in [3.63, 3.8) is 0 Å². The molecule has 0 radical (unpaired) electrons. The molecule has 6 heteroatoms. The number of aliphatic imine (C=N–C) groups is 1. The molecule has 2 rings (SSSR count). The summed E-state index contributed by atoms with van der Waals surface area (Å²) in [5.41, 5.74) is 0.480. The van der Waals surface area contributed by atoms with E-state index in [4.69, 9.17) is 0 Å². The van der Waals surface area contributed by atoms with Crippen LogP contribution in [0.2, 0.25) is 0 Å². The largest absolute Gasteiger partial charge is 0.333 e. The molecule has 0 aliphatic carbocycles. The molecule has 1 aliphatic heterocycles. The smallest absolute Gasteiger partial charge is 0.161 e. The first-order chi connectivity index (χ1) is 9.24. The van der Waals surface area contributed by atoms with Gasteiger partial charge in [0.2, 0.25) is 0 Å². The maximum Gasteiger partial charge on any atom is 0.161 e. The molecule has 0 aromatic heterocycles. The number of halogens is 3. The minimum atomic E-state index is -0.617. The molecular weight excluding hydrogens is 346 g/mol. The fourth-order valence-electron chi connectivity index (χ4n) is 2.01. The summed E-state index contributed by atoms with van der Waals surface area (Å²) in [7, 11) is 0. The number of hydrogen-bond acceptors (Lipinski definition) is 3. The van der Waals surface area contributed by atoms with Crippen LogP contribution < -0.4 is 5.32 Å². The lowest BCUT2D eigenvalue weighted by molar-refractivity contribution is 0.375. The van der Waals surface area contributed by atoms with Crippen molar-refractivity contribution in [3.8, 4) is 0 Å². The van der Waals surface area contributed by atoms with Gasteiger partial charge in [-0.15, -0.1) is 0 Å². The maximum atomic E-state index is 13.7. The van der Waals surface area contributed by atoms with Crippen LogP contribution in [0.15, 0.2) is 21.6 Å². The van der Waals surface area contributed by atoms with E-state index in [1.807, 2.05) is 0 Å². The summed E-state index contributed by atoms with van der Waals surface area (Å²) in [6, 6.07) is 2.25. The lowest BCUT2D eigenvalue weighted by atomic mass is 9.90. The Morgan fingerprint density at radius 2 is 2.05 bits per heavy atom. The second kappa shape index (κ2) is 6.02. The first kappa shape index (κ1) is 15.8. The zero-order valence-electron chi connectivity index (χ0n) is 11.6. The van der Waals surface area contributed by atoms with E-state index in [2.05, 4.69) is 47.0 Å². The summed E-state index contributed by atoms with van der Waals surface area (Å²) in [4.78, 5) is 4.38. The Morgan fingerprint density at radius 1 is 1.35 bits per heavy atom. The first-order valence-electron chi connectivity index (χ1n) is 6.37. The van der Waals surface area contributed by atoms with E-state index in [0.29, 0.717) is 10.4 Å². The van der Waals surface area contributed by atoms with Gasteiger partial charge in [0, 0.05) is 11.3 Å². The van der Waals surface area contributed by atoms with Crippen molar-refractivity contribution in [1.82, 2.24) is 0 Å². The van der Waals surface area contributed by atoms with Gasteiger partial charge in [0.05, 0.1) is 16.7 Å². The van der Waals surface area contributed by atoms with Crippen molar-refractivity contribution in [3.05, 3.63) is 28.2 Å². The quantitative estimate of drug-likeness (QED) is 0.744. The molecule has 1 N–H and O–H groups in total. The van der Waals surface area contributed by atoms with Gasteiger partial charge in [0.1, 0.15) is 11.6 Å². The van der Waals surface area contributed by atoms with Gasteiger partial charge < -0.3 is 5.32 Å². The second-order valence-corrected chi connectivity index (χ2v) is 8.17. The van der Waals surface area contributed by atoms with E-state index in [1.54, 1.807) is 11.8 Å². The average molecular weight is 363 g/mol. The number of nitrogens with zero attached hydrogens (tertiary/aromatic N) is 1. The highest BCUT2D eigenvalue weighted by atomic mass is 79.9. The van der Waals surface area contributed by atoms with E-state index >= 15 is 0 Å². The summed E-state index contributed by atoms with van der Waals surface area (Å²) < 4.78 is 27.1. The molecule has 0 bridgehead atoms. The molecule has 0 saturated carbocycles. The molecule has 110 valence electrons. The first-order valence-corrected chi connectivity index (χ1v) is 8.04. The molecule has 1 aromatic rings. The number of anilines is 1. The fourth-order valence-corrected chi connectivity index (χ4v) is 3.72. The third-order valence-corrected chi connectivity index (χ3v) is 4.52. The molecule has 2 nitrogen and oxygen atoms in total. The minimum Gasteiger partial charge on any atom is -0.333 e. The zero-order valence-corrected chi connectivity index (χ0v) is 14.0. The molecular formula is C14H17BrF2N2S. The SMILES string of the molecule is CC(C)(C)CC1CN=C(Nc2cc(Br)c(F)cc2F)S1. The number of amidine groups is 1. The Bertz CT molecular complexity index is 541. The summed E-state index contributed by atoms with van der Waals surface area (Å²) in [5.74, 6) is -1.23. The molecule has 0 saturated heterocycles. The van der Waals surface area contributed by atoms with Crippen LogP contribution in [0.5, 0.6) is 0 Å². The van der Waals surface area contributed by atoms with Gasteiger partial charge in [-0.25, -0.2) is 8.78 Å².